The molecule has 4 rings (SSSR count). The Morgan fingerprint density at radius 2 is 1.72 bits per heavy atom. The van der Waals surface area contributed by atoms with Gasteiger partial charge in [0, 0.05) is 21.0 Å². The van der Waals surface area contributed by atoms with Crippen molar-refractivity contribution in [2.45, 2.75) is 6.92 Å². The summed E-state index contributed by atoms with van der Waals surface area (Å²) < 4.78 is 11.5. The van der Waals surface area contributed by atoms with Crippen LogP contribution < -0.4 is 10.1 Å². The number of amides is 1. The fraction of sp³-hybridized carbons (Fsp3) is 0.120. The molecule has 7 heteroatoms. The van der Waals surface area contributed by atoms with Crippen LogP contribution in [0.1, 0.15) is 27.6 Å². The standard InChI is InChI=1S/C25H20BrNO4S/c1-3-31-25(29)22-21(15-6-9-19(26)10-7-15)14-32-24(22)27-23(28)18-5-4-17-13-20(30-2)11-8-16(17)12-18/h4-14H,3H2,1-2H3,(H,27,28). The third-order valence-corrected chi connectivity index (χ3v) is 6.39. The van der Waals surface area contributed by atoms with Gasteiger partial charge in [0.15, 0.2) is 0 Å². The summed E-state index contributed by atoms with van der Waals surface area (Å²) in [6.07, 6.45) is 0. The Kier molecular flexibility index (Phi) is 6.58. The first-order valence-corrected chi connectivity index (χ1v) is 11.6. The zero-order valence-corrected chi connectivity index (χ0v) is 19.9. The fourth-order valence-corrected chi connectivity index (χ4v) is 4.58. The number of thiophene rings is 1. The van der Waals surface area contributed by atoms with Gasteiger partial charge in [0.25, 0.3) is 5.91 Å². The number of fused-ring (bicyclic) bond motifs is 1. The molecule has 0 aliphatic carbocycles. The molecule has 0 spiro atoms. The van der Waals surface area contributed by atoms with E-state index in [9.17, 15) is 9.59 Å². The van der Waals surface area contributed by atoms with Crippen molar-refractivity contribution >= 4 is 54.9 Å². The van der Waals surface area contributed by atoms with Crippen molar-refractivity contribution in [2.24, 2.45) is 0 Å². The third kappa shape index (κ3) is 4.54. The number of benzene rings is 3. The van der Waals surface area contributed by atoms with Gasteiger partial charge in [-0.25, -0.2) is 4.79 Å². The van der Waals surface area contributed by atoms with E-state index in [1.54, 1.807) is 20.1 Å². The van der Waals surface area contributed by atoms with E-state index < -0.39 is 5.97 Å². The van der Waals surface area contributed by atoms with Crippen LogP contribution in [-0.4, -0.2) is 25.6 Å². The molecule has 0 aliphatic rings. The summed E-state index contributed by atoms with van der Waals surface area (Å²) >= 11 is 4.73. The maximum Gasteiger partial charge on any atom is 0.341 e. The molecule has 0 aliphatic heterocycles. The highest BCUT2D eigenvalue weighted by molar-refractivity contribution is 9.10. The van der Waals surface area contributed by atoms with Gasteiger partial charge in [0.2, 0.25) is 0 Å². The monoisotopic (exact) mass is 509 g/mol. The van der Waals surface area contributed by atoms with E-state index in [4.69, 9.17) is 9.47 Å². The molecule has 0 saturated carbocycles. The molecule has 32 heavy (non-hydrogen) atoms. The lowest BCUT2D eigenvalue weighted by Gasteiger charge is -2.10. The minimum atomic E-state index is -0.465. The SMILES string of the molecule is CCOC(=O)c1c(-c2ccc(Br)cc2)csc1NC(=O)c1ccc2cc(OC)ccc2c1. The van der Waals surface area contributed by atoms with E-state index >= 15 is 0 Å². The van der Waals surface area contributed by atoms with Crippen LogP contribution in [0.5, 0.6) is 5.75 Å². The first kappa shape index (κ1) is 22.0. The number of halogens is 1. The summed E-state index contributed by atoms with van der Waals surface area (Å²) in [4.78, 5) is 25.8. The quantitative estimate of drug-likeness (QED) is 0.291. The number of hydrogen-bond donors (Lipinski definition) is 1. The van der Waals surface area contributed by atoms with Crippen LogP contribution in [0.2, 0.25) is 0 Å². The van der Waals surface area contributed by atoms with Crippen molar-refractivity contribution in [3.63, 3.8) is 0 Å². The van der Waals surface area contributed by atoms with Gasteiger partial charge >= 0.3 is 5.97 Å². The molecule has 1 N–H and O–H groups in total. The Morgan fingerprint density at radius 3 is 2.44 bits per heavy atom. The van der Waals surface area contributed by atoms with Crippen molar-refractivity contribution in [3.8, 4) is 16.9 Å². The maximum absolute atomic E-state index is 13.0. The number of anilines is 1. The molecule has 0 unspecified atom stereocenters. The molecule has 1 heterocycles. The zero-order chi connectivity index (χ0) is 22.7. The largest absolute Gasteiger partial charge is 0.497 e. The molecule has 1 aromatic heterocycles. The Labute approximate surface area is 198 Å². The third-order valence-electron chi connectivity index (χ3n) is 4.96. The molecule has 0 fully saturated rings. The van der Waals surface area contributed by atoms with Crippen molar-refractivity contribution in [2.75, 3.05) is 19.0 Å². The summed E-state index contributed by atoms with van der Waals surface area (Å²) in [5, 5.41) is 7.11. The van der Waals surface area contributed by atoms with Crippen LogP contribution in [0.4, 0.5) is 5.00 Å². The molecule has 5 nitrogen and oxygen atoms in total. The molecule has 0 bridgehead atoms. The van der Waals surface area contributed by atoms with Gasteiger partial charge in [-0.2, -0.15) is 0 Å². The predicted molar refractivity (Wildman–Crippen MR) is 132 cm³/mol. The number of ether oxygens (including phenoxy) is 2. The highest BCUT2D eigenvalue weighted by atomic mass is 79.9. The average Bonchev–Trinajstić information content (AvgIpc) is 3.22. The van der Waals surface area contributed by atoms with Crippen LogP contribution in [0.25, 0.3) is 21.9 Å². The Morgan fingerprint density at radius 1 is 1.00 bits per heavy atom. The molecular formula is C25H20BrNO4S. The smallest absolute Gasteiger partial charge is 0.341 e. The maximum atomic E-state index is 13.0. The molecule has 162 valence electrons. The number of carbonyl (C=O) groups is 2. The summed E-state index contributed by atoms with van der Waals surface area (Å²) in [7, 11) is 1.62. The number of methoxy groups -OCH3 is 1. The lowest BCUT2D eigenvalue weighted by molar-refractivity contribution is 0.0529. The van der Waals surface area contributed by atoms with Crippen LogP contribution in [0, 0.1) is 0 Å². The van der Waals surface area contributed by atoms with Crippen molar-refractivity contribution < 1.29 is 19.1 Å². The number of rotatable bonds is 6. The van der Waals surface area contributed by atoms with Crippen molar-refractivity contribution in [1.82, 2.24) is 0 Å². The van der Waals surface area contributed by atoms with Crippen LogP contribution >= 0.6 is 27.3 Å². The van der Waals surface area contributed by atoms with E-state index in [0.29, 0.717) is 16.1 Å². The molecule has 0 saturated heterocycles. The number of carbonyl (C=O) groups excluding carboxylic acids is 2. The van der Waals surface area contributed by atoms with E-state index in [2.05, 4.69) is 21.2 Å². The minimum Gasteiger partial charge on any atom is -0.497 e. The first-order chi connectivity index (χ1) is 15.5. The van der Waals surface area contributed by atoms with Gasteiger partial charge in [-0.1, -0.05) is 40.2 Å². The second-order valence-corrected chi connectivity index (χ2v) is 8.76. The Bertz CT molecular complexity index is 1300. The topological polar surface area (TPSA) is 64.6 Å². The normalized spacial score (nSPS) is 10.7. The number of nitrogens with one attached hydrogen (secondary N) is 1. The fourth-order valence-electron chi connectivity index (χ4n) is 3.37. The molecular weight excluding hydrogens is 490 g/mol. The van der Waals surface area contributed by atoms with Gasteiger partial charge in [-0.15, -0.1) is 11.3 Å². The molecule has 4 aromatic rings. The molecule has 3 aromatic carbocycles. The van der Waals surface area contributed by atoms with E-state index in [0.717, 1.165) is 32.1 Å². The van der Waals surface area contributed by atoms with Gasteiger partial charge in [-0.3, -0.25) is 4.79 Å². The Hall–Kier alpha value is -3.16. The van der Waals surface area contributed by atoms with Gasteiger partial charge in [0.1, 0.15) is 16.3 Å². The minimum absolute atomic E-state index is 0.246. The van der Waals surface area contributed by atoms with Crippen LogP contribution in [0.3, 0.4) is 0 Å². The predicted octanol–water partition coefficient (Wildman–Crippen LogP) is 6.77. The lowest BCUT2D eigenvalue weighted by Crippen LogP contribution is -2.14. The highest BCUT2D eigenvalue weighted by Gasteiger charge is 2.23. The van der Waals surface area contributed by atoms with Crippen molar-refractivity contribution in [1.29, 1.82) is 0 Å². The Balaban J connectivity index is 1.67. The number of hydrogen-bond acceptors (Lipinski definition) is 5. The first-order valence-electron chi connectivity index (χ1n) is 9.94. The molecule has 1 amide bonds. The zero-order valence-electron chi connectivity index (χ0n) is 17.5. The summed E-state index contributed by atoms with van der Waals surface area (Å²) in [5.74, 6) is -0.00196. The lowest BCUT2D eigenvalue weighted by atomic mass is 10.0. The van der Waals surface area contributed by atoms with Gasteiger partial charge in [-0.05, 0) is 59.7 Å². The van der Waals surface area contributed by atoms with Crippen LogP contribution in [0.15, 0.2) is 70.5 Å². The second-order valence-electron chi connectivity index (χ2n) is 6.96. The van der Waals surface area contributed by atoms with Gasteiger partial charge in [0.05, 0.1) is 13.7 Å². The van der Waals surface area contributed by atoms with E-state index in [1.165, 1.54) is 11.3 Å². The highest BCUT2D eigenvalue weighted by Crippen LogP contribution is 2.37. The van der Waals surface area contributed by atoms with E-state index in [-0.39, 0.29) is 12.5 Å². The van der Waals surface area contributed by atoms with Crippen LogP contribution in [-0.2, 0) is 4.74 Å². The van der Waals surface area contributed by atoms with Gasteiger partial charge < -0.3 is 14.8 Å². The number of esters is 1. The summed E-state index contributed by atoms with van der Waals surface area (Å²) in [6.45, 7) is 2.00. The van der Waals surface area contributed by atoms with E-state index in [1.807, 2.05) is 60.0 Å². The summed E-state index contributed by atoms with van der Waals surface area (Å²) in [6, 6.07) is 18.8. The molecule has 0 atom stereocenters. The van der Waals surface area contributed by atoms with Crippen molar-refractivity contribution in [3.05, 3.63) is 81.6 Å². The average molecular weight is 510 g/mol. The summed E-state index contributed by atoms with van der Waals surface area (Å²) in [5.41, 5.74) is 2.45. The molecule has 0 radical (unpaired) electrons. The second kappa shape index (κ2) is 9.54.